The first-order chi connectivity index (χ1) is 4.27. The van der Waals surface area contributed by atoms with Gasteiger partial charge in [-0.15, -0.1) is 4.67 Å². The average Bonchev–Trinajstić information content (AvgIpc) is 1.60. The molecule has 0 amide bonds. The highest BCUT2D eigenvalue weighted by molar-refractivity contribution is 7.60. The van der Waals surface area contributed by atoms with Crippen LogP contribution in [0.4, 0.5) is 0 Å². The second-order valence-electron chi connectivity index (χ2n) is 1.12. The van der Waals surface area contributed by atoms with Gasteiger partial charge in [-0.3, -0.25) is 0 Å². The Kier molecular flexibility index (Phi) is 41.6. The zero-order chi connectivity index (χ0) is 8.41. The van der Waals surface area contributed by atoms with E-state index in [1.165, 1.54) is 0 Å². The molecule has 0 aliphatic carbocycles. The Balaban J connectivity index is -0.0000000270. The van der Waals surface area contributed by atoms with Crippen LogP contribution in [0.2, 0.25) is 0 Å². The molecule has 0 aromatic heterocycles. The third-order valence-corrected chi connectivity index (χ3v) is 2.20. The molecule has 0 aromatic carbocycles. The summed E-state index contributed by atoms with van der Waals surface area (Å²) in [5, 5.41) is 7.48. The third-order valence-electron chi connectivity index (χ3n) is 0.313. The molecule has 0 heterocycles. The lowest BCUT2D eigenvalue weighted by Gasteiger charge is -2.06. The number of phosphoric acid groups is 2. The number of hydrogen-bond acceptors (Lipinski definition) is 9. The third kappa shape index (κ3) is 29.2. The predicted molar refractivity (Wildman–Crippen MR) is 54.0 cm³/mol. The summed E-state index contributed by atoms with van der Waals surface area (Å²) in [5.74, 6) is 0. The summed E-state index contributed by atoms with van der Waals surface area (Å²) < 4.78 is 25.5. The molecule has 16 heteroatoms. The lowest BCUT2D eigenvalue weighted by molar-refractivity contribution is -0.157. The zero-order valence-corrected chi connectivity index (χ0v) is 9.93. The molecule has 1 atom stereocenters. The van der Waals surface area contributed by atoms with Crippen molar-refractivity contribution >= 4 is 15.6 Å². The highest BCUT2D eigenvalue weighted by atomic mass is 31.3. The highest BCUT2D eigenvalue weighted by Gasteiger charge is 2.32. The Morgan fingerprint density at radius 1 is 0.812 bits per heavy atom. The Labute approximate surface area is 90.3 Å². The molecular weight excluding hydrogens is 278 g/mol. The van der Waals surface area contributed by atoms with Crippen molar-refractivity contribution in [3.05, 3.63) is 0 Å². The Bertz CT molecular complexity index is 199. The van der Waals surface area contributed by atoms with Crippen molar-refractivity contribution in [1.82, 2.24) is 24.6 Å². The Morgan fingerprint density at radius 2 is 1.06 bits per heavy atom. The van der Waals surface area contributed by atoms with Crippen LogP contribution in [0.5, 0.6) is 0 Å². The summed E-state index contributed by atoms with van der Waals surface area (Å²) >= 11 is 0. The molecule has 0 aromatic rings. The van der Waals surface area contributed by atoms with Crippen LogP contribution in [-0.4, -0.2) is 30.9 Å². The van der Waals surface area contributed by atoms with E-state index >= 15 is 0 Å². The molecule has 0 spiro atoms. The van der Waals surface area contributed by atoms with Gasteiger partial charge in [-0.1, -0.05) is 0 Å². The van der Waals surface area contributed by atoms with Gasteiger partial charge in [0.05, 0.1) is 0 Å². The molecule has 0 rings (SSSR count). The summed E-state index contributed by atoms with van der Waals surface area (Å²) in [6.45, 7) is 0. The lowest BCUT2D eigenvalue weighted by atomic mass is 14.0. The molecule has 110 valence electrons. The topological polar surface area (TPSA) is 337 Å². The molecule has 14 nitrogen and oxygen atoms in total. The molecule has 0 saturated heterocycles. The molecular formula is H20N4O10P2. The fourth-order valence-electron chi connectivity index (χ4n) is 0.149. The van der Waals surface area contributed by atoms with E-state index in [2.05, 4.69) is 8.99 Å². The normalized spacial score (nSPS) is 11.5. The lowest BCUT2D eigenvalue weighted by Crippen LogP contribution is -1.89. The van der Waals surface area contributed by atoms with Crippen LogP contribution in [0.1, 0.15) is 0 Å². The second-order valence-corrected chi connectivity index (χ2v) is 3.86. The fourth-order valence-corrected chi connectivity index (χ4v) is 1.34. The minimum absolute atomic E-state index is 0. The van der Waals surface area contributed by atoms with Crippen molar-refractivity contribution in [2.75, 3.05) is 0 Å². The van der Waals surface area contributed by atoms with E-state index in [9.17, 15) is 9.13 Å². The van der Waals surface area contributed by atoms with Gasteiger partial charge in [-0.2, -0.15) is 4.31 Å². The molecule has 0 radical (unpaired) electrons. The van der Waals surface area contributed by atoms with Crippen LogP contribution in [0.25, 0.3) is 0 Å². The van der Waals surface area contributed by atoms with Crippen molar-refractivity contribution in [1.29, 1.82) is 0 Å². The van der Waals surface area contributed by atoms with Crippen molar-refractivity contribution < 1.29 is 49.0 Å². The fraction of sp³-hybridized carbons (Fsp3) is 0. The molecule has 1 unspecified atom stereocenters. The number of rotatable bonds is 3. The van der Waals surface area contributed by atoms with Gasteiger partial charge < -0.3 is 50.2 Å². The summed E-state index contributed by atoms with van der Waals surface area (Å²) in [6, 6.07) is 0. The standard InChI is InChI=1S/4H3N.H4O8P2.2H2O/c;;;;1-7-10(5,6)8-9(2,3)4;;/h4*1H3;1H,(H,5,6)(H2,2,3,4);2*1H2. The van der Waals surface area contributed by atoms with Gasteiger partial charge in [0.15, 0.2) is 0 Å². The van der Waals surface area contributed by atoms with Crippen LogP contribution in [0.15, 0.2) is 0 Å². The SMILES string of the molecule is N.N.N.N.O.O.O=P(O)(O)OP(=O)(O)OO. The average molecular weight is 298 g/mol. The van der Waals surface area contributed by atoms with Gasteiger partial charge in [0.1, 0.15) is 0 Å². The first kappa shape index (κ1) is 44.5. The molecule has 0 aliphatic heterocycles. The molecule has 0 bridgehead atoms. The second kappa shape index (κ2) is 15.0. The maximum absolute atomic E-state index is 9.97. The molecule has 20 N–H and O–H groups in total. The van der Waals surface area contributed by atoms with Crippen LogP contribution in [-0.2, 0) is 18.1 Å². The molecule has 16 heavy (non-hydrogen) atoms. The van der Waals surface area contributed by atoms with E-state index in [4.69, 9.17) is 19.9 Å². The van der Waals surface area contributed by atoms with E-state index < -0.39 is 15.6 Å². The maximum atomic E-state index is 9.97. The van der Waals surface area contributed by atoms with Gasteiger partial charge in [0, 0.05) is 0 Å². The summed E-state index contributed by atoms with van der Waals surface area (Å²) in [6.07, 6.45) is 0. The van der Waals surface area contributed by atoms with E-state index in [1.54, 1.807) is 0 Å². The minimum Gasteiger partial charge on any atom is -0.412 e. The first-order valence-electron chi connectivity index (χ1n) is 1.70. The van der Waals surface area contributed by atoms with Crippen LogP contribution in [0.3, 0.4) is 0 Å². The zero-order valence-electron chi connectivity index (χ0n) is 8.14. The number of hydrogen-bond donors (Lipinski definition) is 8. The molecule has 0 saturated carbocycles. The summed E-state index contributed by atoms with van der Waals surface area (Å²) in [4.78, 5) is 23.7. The van der Waals surface area contributed by atoms with E-state index in [1.807, 2.05) is 0 Å². The highest BCUT2D eigenvalue weighted by Crippen LogP contribution is 2.56. The first-order valence-corrected chi connectivity index (χ1v) is 4.72. The monoisotopic (exact) mass is 298 g/mol. The van der Waals surface area contributed by atoms with E-state index in [0.29, 0.717) is 0 Å². The van der Waals surface area contributed by atoms with Crippen LogP contribution in [0, 0.1) is 0 Å². The summed E-state index contributed by atoms with van der Waals surface area (Å²) in [7, 11) is -10.1. The van der Waals surface area contributed by atoms with E-state index in [-0.39, 0.29) is 35.6 Å². The van der Waals surface area contributed by atoms with Gasteiger partial charge in [-0.25, -0.2) is 14.4 Å². The Hall–Kier alpha value is -0.0200. The van der Waals surface area contributed by atoms with Crippen LogP contribution >= 0.6 is 15.6 Å². The van der Waals surface area contributed by atoms with Crippen LogP contribution < -0.4 is 24.6 Å². The largest absolute Gasteiger partial charge is 0.508 e. The quantitative estimate of drug-likeness (QED) is 0.171. The maximum Gasteiger partial charge on any atom is 0.508 e. The van der Waals surface area contributed by atoms with Crippen molar-refractivity contribution in [3.63, 3.8) is 0 Å². The Morgan fingerprint density at radius 3 is 1.12 bits per heavy atom. The smallest absolute Gasteiger partial charge is 0.412 e. The molecule has 0 aliphatic rings. The van der Waals surface area contributed by atoms with Gasteiger partial charge in [0.2, 0.25) is 0 Å². The van der Waals surface area contributed by atoms with Gasteiger partial charge >= 0.3 is 15.6 Å². The summed E-state index contributed by atoms with van der Waals surface area (Å²) in [5.41, 5.74) is 0. The molecule has 0 fully saturated rings. The predicted octanol–water partition coefficient (Wildman–Crippen LogP) is -1.32. The van der Waals surface area contributed by atoms with Crippen molar-refractivity contribution in [2.45, 2.75) is 0 Å². The van der Waals surface area contributed by atoms with Gasteiger partial charge in [-0.05, 0) is 0 Å². The van der Waals surface area contributed by atoms with Crippen molar-refractivity contribution in [3.8, 4) is 0 Å². The van der Waals surface area contributed by atoms with Crippen molar-refractivity contribution in [2.24, 2.45) is 0 Å². The van der Waals surface area contributed by atoms with Gasteiger partial charge in [0.25, 0.3) is 0 Å². The minimum atomic E-state index is -5.10. The van der Waals surface area contributed by atoms with E-state index in [0.717, 1.165) is 0 Å².